The van der Waals surface area contributed by atoms with Gasteiger partial charge in [0.25, 0.3) is 0 Å². The lowest BCUT2D eigenvalue weighted by Gasteiger charge is -2.28. The number of nitrogens with one attached hydrogen (secondary N) is 1. The van der Waals surface area contributed by atoms with Crippen LogP contribution in [0.3, 0.4) is 0 Å². The van der Waals surface area contributed by atoms with Gasteiger partial charge in [0.15, 0.2) is 0 Å². The van der Waals surface area contributed by atoms with Gasteiger partial charge in [-0.25, -0.2) is 13.1 Å². The summed E-state index contributed by atoms with van der Waals surface area (Å²) in [7, 11) is -2.37. The molecule has 6 nitrogen and oxygen atoms in total. The van der Waals surface area contributed by atoms with E-state index in [1.807, 2.05) is 0 Å². The summed E-state index contributed by atoms with van der Waals surface area (Å²) in [6.07, 6.45) is 2.41. The molecule has 0 aromatic heterocycles. The molecule has 20 heavy (non-hydrogen) atoms. The van der Waals surface area contributed by atoms with Crippen LogP contribution in [0.2, 0.25) is 0 Å². The molecule has 1 aliphatic carbocycles. The largest absolute Gasteiger partial charge is 0.495 e. The number of hydrogen-bond acceptors (Lipinski definition) is 5. The van der Waals surface area contributed by atoms with Gasteiger partial charge in [0, 0.05) is 11.7 Å². The van der Waals surface area contributed by atoms with Crippen LogP contribution < -0.4 is 15.2 Å². The summed E-state index contributed by atoms with van der Waals surface area (Å²) in [4.78, 5) is -0.00206. The summed E-state index contributed by atoms with van der Waals surface area (Å²) < 4.78 is 32.5. The molecule has 1 aliphatic rings. The Labute approximate surface area is 119 Å². The van der Waals surface area contributed by atoms with Crippen LogP contribution in [0.4, 0.5) is 5.69 Å². The van der Waals surface area contributed by atoms with Crippen molar-refractivity contribution in [1.82, 2.24) is 4.72 Å². The molecule has 4 N–H and O–H groups in total. The van der Waals surface area contributed by atoms with Gasteiger partial charge < -0.3 is 15.6 Å². The van der Waals surface area contributed by atoms with Crippen molar-refractivity contribution < 1.29 is 18.3 Å². The highest BCUT2D eigenvalue weighted by molar-refractivity contribution is 7.89. The fourth-order valence-corrected chi connectivity index (χ4v) is 3.92. The summed E-state index contributed by atoms with van der Waals surface area (Å²) in [5.41, 5.74) is 5.99. The van der Waals surface area contributed by atoms with Gasteiger partial charge in [-0.2, -0.15) is 0 Å². The zero-order valence-corrected chi connectivity index (χ0v) is 12.2. The fraction of sp³-hybridized carbons (Fsp3) is 0.538. The van der Waals surface area contributed by atoms with Crippen LogP contribution in [0.25, 0.3) is 0 Å². The van der Waals surface area contributed by atoms with Gasteiger partial charge in [-0.05, 0) is 31.0 Å². The normalized spacial score (nSPS) is 23.5. The Bertz CT molecular complexity index is 574. The molecule has 0 aliphatic heterocycles. The first-order valence-electron chi connectivity index (χ1n) is 6.58. The van der Waals surface area contributed by atoms with Crippen molar-refractivity contribution in [1.29, 1.82) is 0 Å². The second kappa shape index (κ2) is 5.99. The van der Waals surface area contributed by atoms with E-state index in [2.05, 4.69) is 4.72 Å². The van der Waals surface area contributed by atoms with Gasteiger partial charge in [-0.15, -0.1) is 0 Å². The maximum absolute atomic E-state index is 12.4. The van der Waals surface area contributed by atoms with Gasteiger partial charge in [0.2, 0.25) is 10.0 Å². The molecule has 2 rings (SSSR count). The Hall–Kier alpha value is -1.31. The number of aliphatic hydroxyl groups is 1. The van der Waals surface area contributed by atoms with Crippen molar-refractivity contribution >= 4 is 15.7 Å². The highest BCUT2D eigenvalue weighted by Crippen LogP contribution is 2.27. The highest BCUT2D eigenvalue weighted by Gasteiger charge is 2.29. The van der Waals surface area contributed by atoms with Gasteiger partial charge >= 0.3 is 0 Å². The van der Waals surface area contributed by atoms with E-state index in [0.717, 1.165) is 12.8 Å². The molecular formula is C13H20N2O4S. The molecule has 1 aromatic rings. The number of benzene rings is 1. The summed E-state index contributed by atoms with van der Waals surface area (Å²) in [6, 6.07) is 3.99. The van der Waals surface area contributed by atoms with Crippen molar-refractivity contribution in [3.63, 3.8) is 0 Å². The van der Waals surface area contributed by atoms with E-state index < -0.39 is 22.2 Å². The van der Waals surface area contributed by atoms with Crippen LogP contribution in [0.1, 0.15) is 25.7 Å². The lowest BCUT2D eigenvalue weighted by molar-refractivity contribution is 0.101. The van der Waals surface area contributed by atoms with Gasteiger partial charge in [0.1, 0.15) is 10.6 Å². The number of rotatable bonds is 4. The summed E-state index contributed by atoms with van der Waals surface area (Å²) in [5, 5.41) is 9.88. The topological polar surface area (TPSA) is 102 Å². The smallest absolute Gasteiger partial charge is 0.244 e. The first-order chi connectivity index (χ1) is 9.44. The summed E-state index contributed by atoms with van der Waals surface area (Å²) in [6.45, 7) is 0. The van der Waals surface area contributed by atoms with Crippen molar-refractivity contribution in [2.45, 2.75) is 42.7 Å². The first-order valence-corrected chi connectivity index (χ1v) is 8.06. The third kappa shape index (κ3) is 3.23. The molecule has 0 heterocycles. The average Bonchev–Trinajstić information content (AvgIpc) is 2.41. The quantitative estimate of drug-likeness (QED) is 0.716. The molecule has 2 unspecified atom stereocenters. The maximum Gasteiger partial charge on any atom is 0.244 e. The van der Waals surface area contributed by atoms with E-state index in [0.29, 0.717) is 18.5 Å². The molecule has 0 radical (unpaired) electrons. The zero-order chi connectivity index (χ0) is 14.8. The van der Waals surface area contributed by atoms with E-state index >= 15 is 0 Å². The Morgan fingerprint density at radius 3 is 2.70 bits per heavy atom. The van der Waals surface area contributed by atoms with Gasteiger partial charge in [-0.3, -0.25) is 0 Å². The minimum atomic E-state index is -3.77. The van der Waals surface area contributed by atoms with Crippen LogP contribution >= 0.6 is 0 Å². The van der Waals surface area contributed by atoms with Crippen molar-refractivity contribution in [3.8, 4) is 5.75 Å². The van der Waals surface area contributed by atoms with E-state index in [4.69, 9.17) is 10.5 Å². The predicted molar refractivity (Wildman–Crippen MR) is 76.0 cm³/mol. The number of nitrogen functional groups attached to an aromatic ring is 1. The third-order valence-corrected chi connectivity index (χ3v) is 5.02. The molecule has 1 saturated carbocycles. The molecule has 1 fully saturated rings. The van der Waals surface area contributed by atoms with Gasteiger partial charge in [-0.1, -0.05) is 12.8 Å². The van der Waals surface area contributed by atoms with E-state index in [-0.39, 0.29) is 10.6 Å². The zero-order valence-electron chi connectivity index (χ0n) is 11.4. The number of nitrogens with two attached hydrogens (primary N) is 1. The molecule has 1 aromatic carbocycles. The number of ether oxygens (including phenoxy) is 1. The van der Waals surface area contributed by atoms with E-state index in [1.54, 1.807) is 6.07 Å². The Balaban J connectivity index is 2.28. The van der Waals surface area contributed by atoms with Crippen LogP contribution in [-0.2, 0) is 10.0 Å². The van der Waals surface area contributed by atoms with E-state index in [1.165, 1.54) is 19.2 Å². The molecule has 2 atom stereocenters. The van der Waals surface area contributed by atoms with Crippen LogP contribution in [-0.4, -0.2) is 32.8 Å². The fourth-order valence-electron chi connectivity index (χ4n) is 2.41. The lowest BCUT2D eigenvalue weighted by atomic mass is 9.93. The SMILES string of the molecule is COc1ccc(N)cc1S(=O)(=O)NC1CCCCC1O. The minimum Gasteiger partial charge on any atom is -0.495 e. The monoisotopic (exact) mass is 300 g/mol. The number of methoxy groups -OCH3 is 1. The van der Waals surface area contributed by atoms with Crippen LogP contribution in [0.5, 0.6) is 5.75 Å². The summed E-state index contributed by atoms with van der Waals surface area (Å²) >= 11 is 0. The van der Waals surface area contributed by atoms with Crippen molar-refractivity contribution in [2.75, 3.05) is 12.8 Å². The molecule has 7 heteroatoms. The molecular weight excluding hydrogens is 280 g/mol. The average molecular weight is 300 g/mol. The molecule has 0 amide bonds. The number of aliphatic hydroxyl groups excluding tert-OH is 1. The van der Waals surface area contributed by atoms with Gasteiger partial charge in [0.05, 0.1) is 13.2 Å². The van der Waals surface area contributed by atoms with Crippen molar-refractivity contribution in [3.05, 3.63) is 18.2 Å². The predicted octanol–water partition coefficient (Wildman–Crippen LogP) is 0.859. The Morgan fingerprint density at radius 1 is 1.35 bits per heavy atom. The van der Waals surface area contributed by atoms with Crippen LogP contribution in [0, 0.1) is 0 Å². The number of sulfonamides is 1. The van der Waals surface area contributed by atoms with E-state index in [9.17, 15) is 13.5 Å². The standard InChI is InChI=1S/C13H20N2O4S/c1-19-12-7-6-9(14)8-13(12)20(17,18)15-10-4-2-3-5-11(10)16/h6-8,10-11,15-16H,2-5,14H2,1H3. The Morgan fingerprint density at radius 2 is 2.05 bits per heavy atom. The minimum absolute atomic E-state index is 0.00206. The number of hydrogen-bond donors (Lipinski definition) is 3. The molecule has 0 spiro atoms. The molecule has 112 valence electrons. The number of anilines is 1. The van der Waals surface area contributed by atoms with Crippen LogP contribution in [0.15, 0.2) is 23.1 Å². The molecule has 0 saturated heterocycles. The Kier molecular flexibility index (Phi) is 4.52. The highest BCUT2D eigenvalue weighted by atomic mass is 32.2. The molecule has 0 bridgehead atoms. The second-order valence-corrected chi connectivity index (χ2v) is 6.67. The van der Waals surface area contributed by atoms with Crippen molar-refractivity contribution in [2.24, 2.45) is 0 Å². The first kappa shape index (κ1) is 15.1. The second-order valence-electron chi connectivity index (χ2n) is 4.99. The maximum atomic E-state index is 12.4. The third-order valence-electron chi connectivity index (χ3n) is 3.51. The lowest BCUT2D eigenvalue weighted by Crippen LogP contribution is -2.45. The summed E-state index contributed by atoms with van der Waals surface area (Å²) in [5.74, 6) is 0.233.